The molecule has 2 heterocycles. The number of hydrogen-bond acceptors (Lipinski definition) is 5. The zero-order valence-electron chi connectivity index (χ0n) is 20.5. The van der Waals surface area contributed by atoms with E-state index in [1.54, 1.807) is 30.5 Å². The number of pyridine rings is 1. The Bertz CT molecular complexity index is 1220. The summed E-state index contributed by atoms with van der Waals surface area (Å²) in [6.07, 6.45) is -0.946. The number of carbonyl (C=O) groups is 1. The molecule has 0 aliphatic rings. The third-order valence-electron chi connectivity index (χ3n) is 5.83. The van der Waals surface area contributed by atoms with E-state index in [0.717, 1.165) is 0 Å². The Morgan fingerprint density at radius 3 is 2.67 bits per heavy atom. The third-order valence-corrected chi connectivity index (χ3v) is 5.83. The van der Waals surface area contributed by atoms with Gasteiger partial charge in [-0.15, -0.1) is 0 Å². The van der Waals surface area contributed by atoms with Crippen LogP contribution < -0.4 is 10.6 Å². The Kier molecular flexibility index (Phi) is 8.67. The normalized spacial score (nSPS) is 12.7. The number of halogens is 4. The number of aromatic nitrogens is 3. The molecule has 1 aromatic carbocycles. The number of likely N-dealkylation sites (N-methyl/N-ethyl adjacent to an activating group) is 1. The number of nitrogens with zero attached hydrogens (tertiary/aromatic N) is 4. The maximum atomic E-state index is 13.7. The summed E-state index contributed by atoms with van der Waals surface area (Å²) in [5.74, 6) is -0.264. The number of amides is 1. The number of carbonyl (C=O) groups excluding carboxylic acids is 1. The van der Waals surface area contributed by atoms with Gasteiger partial charge in [-0.2, -0.15) is 18.3 Å². The van der Waals surface area contributed by atoms with Gasteiger partial charge in [0, 0.05) is 47.9 Å². The van der Waals surface area contributed by atoms with Crippen molar-refractivity contribution < 1.29 is 22.4 Å². The third kappa shape index (κ3) is 6.60. The van der Waals surface area contributed by atoms with E-state index >= 15 is 0 Å². The number of rotatable bonds is 11. The zero-order chi connectivity index (χ0) is 26.5. The molecule has 1 amide bonds. The minimum Gasteiger partial charge on any atom is -0.382 e. The van der Waals surface area contributed by atoms with Crippen molar-refractivity contribution in [2.75, 3.05) is 39.2 Å². The van der Waals surface area contributed by atoms with Crippen LogP contribution in [-0.4, -0.2) is 71.6 Å². The van der Waals surface area contributed by atoms with Crippen molar-refractivity contribution in [3.63, 3.8) is 0 Å². The van der Waals surface area contributed by atoms with E-state index in [1.807, 2.05) is 18.9 Å². The smallest absolute Gasteiger partial charge is 0.382 e. The molecule has 0 aliphatic carbocycles. The predicted molar refractivity (Wildman–Crippen MR) is 133 cm³/mol. The number of nitrogens with one attached hydrogen (secondary N) is 2. The van der Waals surface area contributed by atoms with Crippen molar-refractivity contribution >= 4 is 27.9 Å². The van der Waals surface area contributed by atoms with Gasteiger partial charge in [-0.05, 0) is 39.1 Å². The summed E-state index contributed by atoms with van der Waals surface area (Å²) in [4.78, 5) is 17.9. The van der Waals surface area contributed by atoms with E-state index in [1.165, 1.54) is 17.9 Å². The summed E-state index contributed by atoms with van der Waals surface area (Å²) < 4.78 is 55.0. The molecular weight excluding hydrogens is 476 g/mol. The van der Waals surface area contributed by atoms with Crippen LogP contribution in [0.15, 0.2) is 43.2 Å². The van der Waals surface area contributed by atoms with Crippen LogP contribution in [0.1, 0.15) is 19.0 Å². The Balaban J connectivity index is 2.04. The maximum absolute atomic E-state index is 13.7. The summed E-state index contributed by atoms with van der Waals surface area (Å²) in [5, 5.41) is 10.9. The van der Waals surface area contributed by atoms with Crippen molar-refractivity contribution in [1.29, 1.82) is 0 Å². The van der Waals surface area contributed by atoms with E-state index < -0.39 is 18.4 Å². The second-order valence-electron chi connectivity index (χ2n) is 8.66. The zero-order valence-corrected chi connectivity index (χ0v) is 20.5. The first kappa shape index (κ1) is 27.1. The number of hydrogen-bond donors (Lipinski definition) is 2. The van der Waals surface area contributed by atoms with Crippen molar-refractivity contribution in [2.45, 2.75) is 32.1 Å². The summed E-state index contributed by atoms with van der Waals surface area (Å²) in [6.45, 7) is 5.78. The lowest BCUT2D eigenvalue weighted by Gasteiger charge is -2.21. The van der Waals surface area contributed by atoms with Gasteiger partial charge in [0.15, 0.2) is 0 Å². The van der Waals surface area contributed by atoms with Gasteiger partial charge in [-0.1, -0.05) is 18.7 Å². The molecule has 194 valence electrons. The Morgan fingerprint density at radius 2 is 2.00 bits per heavy atom. The molecule has 3 aromatic rings. The minimum atomic E-state index is -4.67. The average Bonchev–Trinajstić information content (AvgIpc) is 3.30. The first-order valence-electron chi connectivity index (χ1n) is 11.5. The topological polar surface area (TPSA) is 75.1 Å². The van der Waals surface area contributed by atoms with Gasteiger partial charge >= 0.3 is 6.18 Å². The Morgan fingerprint density at radius 1 is 1.25 bits per heavy atom. The number of fused-ring (bicyclic) bond motifs is 1. The fraction of sp³-hybridized carbons (Fsp3) is 0.400. The van der Waals surface area contributed by atoms with E-state index in [4.69, 9.17) is 0 Å². The Labute approximate surface area is 207 Å². The number of allylic oxidation sites excluding steroid dienone is 1. The summed E-state index contributed by atoms with van der Waals surface area (Å²) in [6, 6.07) is 6.72. The minimum absolute atomic E-state index is 0.0288. The SMILES string of the molecule is C=C(c1nc(-c2cnn(CC(=O)NC)c2)cc2c(NC(C)CCN(C)CCF)cccc12)C(F)(F)F. The molecule has 2 aromatic heterocycles. The monoisotopic (exact) mass is 506 g/mol. The molecule has 2 N–H and O–H groups in total. The molecular formula is C25H30F4N6O. The molecule has 0 saturated carbocycles. The fourth-order valence-corrected chi connectivity index (χ4v) is 3.73. The first-order chi connectivity index (χ1) is 17.0. The van der Waals surface area contributed by atoms with Crippen LogP contribution in [0.5, 0.6) is 0 Å². The van der Waals surface area contributed by atoms with Crippen LogP contribution in [0.2, 0.25) is 0 Å². The van der Waals surface area contributed by atoms with Crippen molar-refractivity contribution in [3.05, 3.63) is 48.9 Å². The molecule has 1 atom stereocenters. The number of anilines is 1. The summed E-state index contributed by atoms with van der Waals surface area (Å²) in [7, 11) is 3.34. The highest BCUT2D eigenvalue weighted by Gasteiger charge is 2.35. The molecule has 36 heavy (non-hydrogen) atoms. The van der Waals surface area contributed by atoms with Crippen molar-refractivity contribution in [1.82, 2.24) is 25.0 Å². The van der Waals surface area contributed by atoms with E-state index in [0.29, 0.717) is 41.5 Å². The van der Waals surface area contributed by atoms with Gasteiger partial charge in [0.05, 0.1) is 23.2 Å². The summed E-state index contributed by atoms with van der Waals surface area (Å²) >= 11 is 0. The second-order valence-corrected chi connectivity index (χ2v) is 8.66. The highest BCUT2D eigenvalue weighted by atomic mass is 19.4. The fourth-order valence-electron chi connectivity index (χ4n) is 3.73. The molecule has 0 saturated heterocycles. The first-order valence-corrected chi connectivity index (χ1v) is 11.5. The summed E-state index contributed by atoms with van der Waals surface area (Å²) in [5.41, 5.74) is 0.0623. The van der Waals surface area contributed by atoms with E-state index in [-0.39, 0.29) is 29.9 Å². The molecule has 7 nitrogen and oxygen atoms in total. The standard InChI is InChI=1S/C25H30F4N6O/c1-16(8-10-34(4)11-9-26)32-21-7-5-6-19-20(21)12-22(33-24(19)17(2)25(27,28)29)18-13-31-35(14-18)15-23(36)30-3/h5-7,12-14,16,32H,2,8-11,15H2,1,3-4H3,(H,30,36). The molecule has 1 unspecified atom stereocenters. The van der Waals surface area contributed by atoms with Gasteiger partial charge in [0.25, 0.3) is 0 Å². The van der Waals surface area contributed by atoms with E-state index in [2.05, 4.69) is 27.3 Å². The maximum Gasteiger partial charge on any atom is 0.417 e. The molecule has 0 aliphatic heterocycles. The van der Waals surface area contributed by atoms with Gasteiger partial charge in [0.2, 0.25) is 5.91 Å². The second kappa shape index (κ2) is 11.5. The largest absolute Gasteiger partial charge is 0.417 e. The molecule has 0 fully saturated rings. The molecule has 0 radical (unpaired) electrons. The van der Waals surface area contributed by atoms with Crippen LogP contribution in [0.4, 0.5) is 23.2 Å². The lowest BCUT2D eigenvalue weighted by molar-refractivity contribution is -0.121. The van der Waals surface area contributed by atoms with Crippen molar-refractivity contribution in [3.8, 4) is 11.3 Å². The van der Waals surface area contributed by atoms with Crippen LogP contribution in [0.3, 0.4) is 0 Å². The van der Waals surface area contributed by atoms with Crippen molar-refractivity contribution in [2.24, 2.45) is 0 Å². The van der Waals surface area contributed by atoms with Gasteiger partial charge < -0.3 is 15.5 Å². The van der Waals surface area contributed by atoms with Crippen LogP contribution in [-0.2, 0) is 11.3 Å². The predicted octanol–water partition coefficient (Wildman–Crippen LogP) is 4.51. The highest BCUT2D eigenvalue weighted by molar-refractivity contribution is 6.01. The van der Waals surface area contributed by atoms with Gasteiger partial charge in [-0.3, -0.25) is 9.48 Å². The lowest BCUT2D eigenvalue weighted by atomic mass is 10.0. The van der Waals surface area contributed by atoms with Crippen LogP contribution in [0, 0.1) is 0 Å². The van der Waals surface area contributed by atoms with Gasteiger partial charge in [-0.25, -0.2) is 9.37 Å². The lowest BCUT2D eigenvalue weighted by Crippen LogP contribution is -2.27. The molecule has 0 spiro atoms. The van der Waals surface area contributed by atoms with Crippen LogP contribution in [0.25, 0.3) is 27.6 Å². The van der Waals surface area contributed by atoms with Crippen LogP contribution >= 0.6 is 0 Å². The molecule has 11 heteroatoms. The quantitative estimate of drug-likeness (QED) is 0.375. The Hall–Kier alpha value is -3.47. The highest BCUT2D eigenvalue weighted by Crippen LogP contribution is 2.38. The number of benzene rings is 1. The van der Waals surface area contributed by atoms with E-state index in [9.17, 15) is 22.4 Å². The van der Waals surface area contributed by atoms with Gasteiger partial charge in [0.1, 0.15) is 13.2 Å². The molecule has 3 rings (SSSR count). The average molecular weight is 507 g/mol. The number of alkyl halides is 4. The molecule has 0 bridgehead atoms.